The maximum atomic E-state index is 14.7. The van der Waals surface area contributed by atoms with E-state index in [4.69, 9.17) is 10.6 Å². The lowest BCUT2D eigenvalue weighted by atomic mass is 9.88. The Hall–Kier alpha value is -3.85. The first-order chi connectivity index (χ1) is 18.6. The number of nitrogens with two attached hydrogens (primary N) is 1. The van der Waals surface area contributed by atoms with Crippen molar-refractivity contribution in [3.05, 3.63) is 84.1 Å². The van der Waals surface area contributed by atoms with Gasteiger partial charge in [-0.05, 0) is 80.7 Å². The Kier molecular flexibility index (Phi) is 8.23. The smallest absolute Gasteiger partial charge is 0.225 e. The van der Waals surface area contributed by atoms with Crippen LogP contribution in [0.2, 0.25) is 0 Å². The number of nitrogens with zero attached hydrogens (tertiary/aromatic N) is 5. The molecule has 5 rings (SSSR count). The summed E-state index contributed by atoms with van der Waals surface area (Å²) in [6.45, 7) is 3.79. The second-order valence-corrected chi connectivity index (χ2v) is 9.95. The SMILES string of the molecule is Nc1cc(CN2CCC(C(=O)N3CCC(/C(=N\Oc4ccccc4)c4ncccc4F)CC3)CC2)ccn1. The molecule has 0 radical (unpaired) electrons. The van der Waals surface area contributed by atoms with Crippen LogP contribution in [-0.4, -0.2) is 57.6 Å². The van der Waals surface area contributed by atoms with E-state index in [0.717, 1.165) is 38.0 Å². The normalized spacial score (nSPS) is 17.9. The monoisotopic (exact) mass is 516 g/mol. The Bertz CT molecular complexity index is 1250. The highest BCUT2D eigenvalue weighted by Crippen LogP contribution is 2.27. The number of oxime groups is 1. The predicted octanol–water partition coefficient (Wildman–Crippen LogP) is 4.13. The number of rotatable bonds is 7. The molecule has 2 saturated heterocycles. The molecule has 2 aliphatic heterocycles. The Morgan fingerprint density at radius 3 is 2.39 bits per heavy atom. The van der Waals surface area contributed by atoms with Crippen LogP contribution in [0.15, 0.2) is 72.1 Å². The first kappa shape index (κ1) is 25.8. The number of anilines is 1. The molecule has 3 aromatic rings. The minimum Gasteiger partial charge on any atom is -0.384 e. The maximum absolute atomic E-state index is 14.7. The fourth-order valence-corrected chi connectivity index (χ4v) is 5.29. The predicted molar refractivity (Wildman–Crippen MR) is 144 cm³/mol. The molecule has 4 heterocycles. The fraction of sp³-hybridized carbons (Fsp3) is 0.379. The number of aromatic nitrogens is 2. The van der Waals surface area contributed by atoms with E-state index in [1.54, 1.807) is 30.6 Å². The number of piperidine rings is 2. The number of amides is 1. The summed E-state index contributed by atoms with van der Waals surface area (Å²) in [6, 6.07) is 16.0. The van der Waals surface area contributed by atoms with Crippen LogP contribution in [-0.2, 0) is 11.3 Å². The van der Waals surface area contributed by atoms with E-state index in [2.05, 4.69) is 20.0 Å². The number of pyridine rings is 2. The summed E-state index contributed by atoms with van der Waals surface area (Å²) in [5, 5.41) is 4.35. The highest BCUT2D eigenvalue weighted by atomic mass is 19.1. The molecule has 2 aliphatic rings. The van der Waals surface area contributed by atoms with Crippen molar-refractivity contribution in [2.45, 2.75) is 32.2 Å². The van der Waals surface area contributed by atoms with Gasteiger partial charge < -0.3 is 15.5 Å². The minimum absolute atomic E-state index is 0.0353. The molecule has 8 nitrogen and oxygen atoms in total. The van der Waals surface area contributed by atoms with Gasteiger partial charge in [-0.1, -0.05) is 23.4 Å². The molecule has 1 aromatic carbocycles. The van der Waals surface area contributed by atoms with Gasteiger partial charge in [0.05, 0.1) is 0 Å². The number of likely N-dealkylation sites (tertiary alicyclic amines) is 2. The number of hydrogen-bond donors (Lipinski definition) is 1. The molecular formula is C29H33FN6O2. The van der Waals surface area contributed by atoms with Crippen LogP contribution in [0, 0.1) is 17.7 Å². The Morgan fingerprint density at radius 1 is 0.947 bits per heavy atom. The Balaban J connectivity index is 1.18. The van der Waals surface area contributed by atoms with Gasteiger partial charge in [-0.15, -0.1) is 0 Å². The van der Waals surface area contributed by atoms with Gasteiger partial charge in [0.15, 0.2) is 11.6 Å². The van der Waals surface area contributed by atoms with Crippen LogP contribution in [0.3, 0.4) is 0 Å². The minimum atomic E-state index is -0.428. The fourth-order valence-electron chi connectivity index (χ4n) is 5.29. The van der Waals surface area contributed by atoms with Crippen LogP contribution < -0.4 is 10.6 Å². The van der Waals surface area contributed by atoms with Crippen molar-refractivity contribution in [1.82, 2.24) is 19.8 Å². The van der Waals surface area contributed by atoms with Gasteiger partial charge >= 0.3 is 0 Å². The third-order valence-corrected chi connectivity index (χ3v) is 7.38. The number of hydrogen-bond acceptors (Lipinski definition) is 7. The molecule has 0 saturated carbocycles. The number of para-hydroxylation sites is 1. The summed E-state index contributed by atoms with van der Waals surface area (Å²) in [5.74, 6) is 0.881. The number of halogens is 1. The van der Waals surface area contributed by atoms with Crippen molar-refractivity contribution < 1.29 is 14.0 Å². The first-order valence-corrected chi connectivity index (χ1v) is 13.2. The number of benzene rings is 1. The third kappa shape index (κ3) is 6.34. The van der Waals surface area contributed by atoms with E-state index < -0.39 is 5.82 Å². The summed E-state index contributed by atoms with van der Waals surface area (Å²) in [4.78, 5) is 31.6. The molecule has 1 amide bonds. The zero-order chi connectivity index (χ0) is 26.3. The van der Waals surface area contributed by atoms with E-state index in [1.807, 2.05) is 35.2 Å². The molecule has 0 aliphatic carbocycles. The second-order valence-electron chi connectivity index (χ2n) is 9.95. The van der Waals surface area contributed by atoms with Crippen molar-refractivity contribution >= 4 is 17.4 Å². The van der Waals surface area contributed by atoms with Gasteiger partial charge in [-0.3, -0.25) is 14.7 Å². The summed E-state index contributed by atoms with van der Waals surface area (Å²) in [7, 11) is 0. The van der Waals surface area contributed by atoms with Gasteiger partial charge in [-0.25, -0.2) is 9.37 Å². The number of nitrogen functional groups attached to an aromatic ring is 1. The molecule has 198 valence electrons. The molecule has 0 spiro atoms. The summed E-state index contributed by atoms with van der Waals surface area (Å²) in [5.41, 5.74) is 7.64. The van der Waals surface area contributed by atoms with Gasteiger partial charge in [0, 0.05) is 43.9 Å². The molecule has 9 heteroatoms. The quantitative estimate of drug-likeness (QED) is 0.375. The van der Waals surface area contributed by atoms with Crippen LogP contribution in [0.4, 0.5) is 10.2 Å². The van der Waals surface area contributed by atoms with Crippen molar-refractivity contribution in [1.29, 1.82) is 0 Å². The lowest BCUT2D eigenvalue weighted by molar-refractivity contribution is -0.138. The topological polar surface area (TPSA) is 96.9 Å². The highest BCUT2D eigenvalue weighted by molar-refractivity contribution is 6.00. The number of carbonyl (C=O) groups is 1. The Morgan fingerprint density at radius 2 is 1.68 bits per heavy atom. The van der Waals surface area contributed by atoms with Crippen molar-refractivity contribution in [2.24, 2.45) is 17.0 Å². The van der Waals surface area contributed by atoms with E-state index >= 15 is 0 Å². The molecule has 2 fully saturated rings. The lowest BCUT2D eigenvalue weighted by Gasteiger charge is -2.37. The average Bonchev–Trinajstić information content (AvgIpc) is 2.95. The summed E-state index contributed by atoms with van der Waals surface area (Å²) >= 11 is 0. The van der Waals surface area contributed by atoms with Gasteiger partial charge in [0.2, 0.25) is 5.91 Å². The highest BCUT2D eigenvalue weighted by Gasteiger charge is 2.33. The zero-order valence-electron chi connectivity index (χ0n) is 21.4. The van der Waals surface area contributed by atoms with Crippen LogP contribution >= 0.6 is 0 Å². The van der Waals surface area contributed by atoms with E-state index in [0.29, 0.717) is 43.2 Å². The molecule has 0 unspecified atom stereocenters. The van der Waals surface area contributed by atoms with Crippen LogP contribution in [0.25, 0.3) is 0 Å². The standard InChI is InChI=1S/C29H33FN6O2/c30-25-7-4-13-33-28(25)27(34-38-24-5-2-1-3-6-24)22-11-17-36(18-12-22)29(37)23-9-15-35(16-10-23)20-21-8-14-32-26(31)19-21/h1-8,13-14,19,22-23H,9-12,15-18,20H2,(H2,31,32)/b34-27+. The molecule has 2 N–H and O–H groups in total. The first-order valence-electron chi connectivity index (χ1n) is 13.2. The number of carbonyl (C=O) groups excluding carboxylic acids is 1. The van der Waals surface area contributed by atoms with E-state index in [-0.39, 0.29) is 23.4 Å². The van der Waals surface area contributed by atoms with Crippen LogP contribution in [0.1, 0.15) is 36.9 Å². The van der Waals surface area contributed by atoms with Gasteiger partial charge in [0.1, 0.15) is 17.2 Å². The van der Waals surface area contributed by atoms with Gasteiger partial charge in [-0.2, -0.15) is 0 Å². The van der Waals surface area contributed by atoms with Crippen molar-refractivity contribution in [3.8, 4) is 5.75 Å². The third-order valence-electron chi connectivity index (χ3n) is 7.38. The van der Waals surface area contributed by atoms with Crippen molar-refractivity contribution in [3.63, 3.8) is 0 Å². The molecule has 2 aromatic heterocycles. The molecule has 0 atom stereocenters. The summed E-state index contributed by atoms with van der Waals surface area (Å²) < 4.78 is 14.7. The zero-order valence-corrected chi connectivity index (χ0v) is 21.4. The average molecular weight is 517 g/mol. The second kappa shape index (κ2) is 12.1. The molecular weight excluding hydrogens is 483 g/mol. The van der Waals surface area contributed by atoms with Crippen molar-refractivity contribution in [2.75, 3.05) is 31.9 Å². The van der Waals surface area contributed by atoms with Crippen LogP contribution in [0.5, 0.6) is 5.75 Å². The molecule has 0 bridgehead atoms. The van der Waals surface area contributed by atoms with E-state index in [1.165, 1.54) is 6.07 Å². The maximum Gasteiger partial charge on any atom is 0.225 e. The molecule has 38 heavy (non-hydrogen) atoms. The summed E-state index contributed by atoms with van der Waals surface area (Å²) in [6.07, 6.45) is 6.34. The lowest BCUT2D eigenvalue weighted by Crippen LogP contribution is -2.46. The van der Waals surface area contributed by atoms with Gasteiger partial charge in [0.25, 0.3) is 0 Å². The Labute approximate surface area is 222 Å². The largest absolute Gasteiger partial charge is 0.384 e. The van der Waals surface area contributed by atoms with E-state index in [9.17, 15) is 9.18 Å².